The average Bonchev–Trinajstić information content (AvgIpc) is 2.91. The maximum Gasteiger partial charge on any atom is 0.258 e. The third-order valence-corrected chi connectivity index (χ3v) is 9.22. The summed E-state index contributed by atoms with van der Waals surface area (Å²) >= 11 is 8.07. The van der Waals surface area contributed by atoms with Gasteiger partial charge in [0.25, 0.3) is 5.91 Å². The van der Waals surface area contributed by atoms with E-state index in [1.165, 1.54) is 16.4 Å². The minimum absolute atomic E-state index is 0.0443. The van der Waals surface area contributed by atoms with Gasteiger partial charge in [-0.15, -0.1) is 11.8 Å². The van der Waals surface area contributed by atoms with Gasteiger partial charge in [-0.1, -0.05) is 30.7 Å². The summed E-state index contributed by atoms with van der Waals surface area (Å²) in [5.74, 6) is -0.232. The molecule has 9 heteroatoms. The Morgan fingerprint density at radius 1 is 1.09 bits per heavy atom. The van der Waals surface area contributed by atoms with Crippen molar-refractivity contribution in [1.82, 2.24) is 4.31 Å². The minimum atomic E-state index is -3.88. The Hall–Kier alpha value is -1.58. The van der Waals surface area contributed by atoms with Crippen molar-refractivity contribution in [3.8, 4) is 0 Å². The number of hydrogen-bond donors (Lipinski definition) is 0. The van der Waals surface area contributed by atoms with Gasteiger partial charge in [0.1, 0.15) is 4.90 Å². The number of amides is 1. The van der Waals surface area contributed by atoms with E-state index < -0.39 is 10.0 Å². The summed E-state index contributed by atoms with van der Waals surface area (Å²) in [5, 5.41) is 0.481. The molecule has 0 bridgehead atoms. The number of thioether (sulfide) groups is 1. The Morgan fingerprint density at radius 2 is 1.78 bits per heavy atom. The van der Waals surface area contributed by atoms with Crippen LogP contribution < -0.4 is 4.90 Å². The highest BCUT2D eigenvalue weighted by Crippen LogP contribution is 2.38. The Bertz CT molecular complexity index is 1110. The normalized spacial score (nSPS) is 24.6. The molecule has 172 valence electrons. The molecule has 2 aromatic rings. The van der Waals surface area contributed by atoms with Crippen LogP contribution in [0.3, 0.4) is 0 Å². The first-order chi connectivity index (χ1) is 15.2. The fourth-order valence-corrected chi connectivity index (χ4v) is 7.36. The molecule has 1 fully saturated rings. The highest BCUT2D eigenvalue weighted by molar-refractivity contribution is 8.00. The van der Waals surface area contributed by atoms with E-state index in [0.29, 0.717) is 17.4 Å². The van der Waals surface area contributed by atoms with Crippen molar-refractivity contribution in [3.05, 3.63) is 53.1 Å². The molecule has 2 heterocycles. The van der Waals surface area contributed by atoms with Crippen LogP contribution in [0.5, 0.6) is 0 Å². The molecule has 6 nitrogen and oxygen atoms in total. The number of benzene rings is 2. The quantitative estimate of drug-likeness (QED) is 0.620. The summed E-state index contributed by atoms with van der Waals surface area (Å²) in [7, 11) is -3.88. The fourth-order valence-electron chi connectivity index (χ4n) is 4.15. The van der Waals surface area contributed by atoms with Gasteiger partial charge in [0, 0.05) is 35.3 Å². The van der Waals surface area contributed by atoms with Gasteiger partial charge in [-0.3, -0.25) is 4.79 Å². The lowest BCUT2D eigenvalue weighted by molar-refractivity contribution is -0.0440. The molecule has 0 N–H and O–H groups in total. The molecule has 0 unspecified atom stereocenters. The first kappa shape index (κ1) is 23.6. The van der Waals surface area contributed by atoms with E-state index in [4.69, 9.17) is 16.3 Å². The van der Waals surface area contributed by atoms with Crippen LogP contribution in [-0.4, -0.2) is 55.7 Å². The maximum absolute atomic E-state index is 13.5. The smallest absolute Gasteiger partial charge is 0.258 e. The predicted molar refractivity (Wildman–Crippen MR) is 128 cm³/mol. The SMILES string of the molecule is C[C@@H]1CN(S(=O)(=O)c2cc(C(=O)N3CC[C@@H](C)Sc4ccccc43)ccc2Cl)C[C@@H](C)O1. The molecule has 0 aromatic heterocycles. The highest BCUT2D eigenvalue weighted by atomic mass is 35.5. The molecular formula is C23H27ClN2O4S2. The zero-order valence-electron chi connectivity index (χ0n) is 18.3. The Labute approximate surface area is 198 Å². The lowest BCUT2D eigenvalue weighted by Gasteiger charge is -2.34. The van der Waals surface area contributed by atoms with Gasteiger partial charge in [-0.25, -0.2) is 8.42 Å². The monoisotopic (exact) mass is 494 g/mol. The van der Waals surface area contributed by atoms with Crippen molar-refractivity contribution in [2.24, 2.45) is 0 Å². The summed E-state index contributed by atoms with van der Waals surface area (Å²) in [4.78, 5) is 16.3. The number of anilines is 1. The van der Waals surface area contributed by atoms with E-state index >= 15 is 0 Å². The number of para-hydroxylation sites is 1. The summed E-state index contributed by atoms with van der Waals surface area (Å²) in [6.45, 7) is 6.89. The first-order valence-corrected chi connectivity index (χ1v) is 13.4. The fraction of sp³-hybridized carbons (Fsp3) is 0.435. The lowest BCUT2D eigenvalue weighted by atomic mass is 10.1. The van der Waals surface area contributed by atoms with Crippen molar-refractivity contribution in [2.75, 3.05) is 24.5 Å². The second-order valence-corrected chi connectivity index (χ2v) is 12.2. The Kier molecular flexibility index (Phi) is 6.89. The number of halogens is 1. The largest absolute Gasteiger partial charge is 0.373 e. The molecule has 0 aliphatic carbocycles. The zero-order valence-corrected chi connectivity index (χ0v) is 20.7. The number of fused-ring (bicyclic) bond motifs is 1. The molecule has 4 rings (SSSR count). The number of hydrogen-bond acceptors (Lipinski definition) is 5. The third kappa shape index (κ3) is 4.70. The number of ether oxygens (including phenoxy) is 1. The molecule has 2 aliphatic rings. The predicted octanol–water partition coefficient (Wildman–Crippen LogP) is 4.67. The molecule has 32 heavy (non-hydrogen) atoms. The van der Waals surface area contributed by atoms with Crippen molar-refractivity contribution in [2.45, 2.75) is 54.4 Å². The van der Waals surface area contributed by atoms with Crippen molar-refractivity contribution < 1.29 is 17.9 Å². The third-order valence-electron chi connectivity index (χ3n) is 5.67. The van der Waals surface area contributed by atoms with Gasteiger partial charge in [-0.2, -0.15) is 4.31 Å². The topological polar surface area (TPSA) is 66.9 Å². The number of rotatable bonds is 3. The molecule has 0 spiro atoms. The summed E-state index contributed by atoms with van der Waals surface area (Å²) in [5.41, 5.74) is 1.15. The van der Waals surface area contributed by atoms with Crippen LogP contribution in [0, 0.1) is 0 Å². The van der Waals surface area contributed by atoms with Gasteiger partial charge >= 0.3 is 0 Å². The Balaban J connectivity index is 1.69. The number of morpholine rings is 1. The van der Waals surface area contributed by atoms with Crippen LogP contribution in [0.2, 0.25) is 5.02 Å². The summed E-state index contributed by atoms with van der Waals surface area (Å²) in [6, 6.07) is 12.3. The molecule has 0 radical (unpaired) electrons. The number of carbonyl (C=O) groups is 1. The number of carbonyl (C=O) groups excluding carboxylic acids is 1. The van der Waals surface area contributed by atoms with Crippen LogP contribution in [-0.2, 0) is 14.8 Å². The van der Waals surface area contributed by atoms with Crippen molar-refractivity contribution in [3.63, 3.8) is 0 Å². The van der Waals surface area contributed by atoms with E-state index in [9.17, 15) is 13.2 Å². The second kappa shape index (κ2) is 9.35. The highest BCUT2D eigenvalue weighted by Gasteiger charge is 2.34. The molecule has 0 saturated carbocycles. The van der Waals surface area contributed by atoms with E-state index in [1.807, 2.05) is 38.1 Å². The average molecular weight is 495 g/mol. The second-order valence-electron chi connectivity index (χ2n) is 8.37. The van der Waals surface area contributed by atoms with Gasteiger partial charge in [-0.05, 0) is 50.6 Å². The molecule has 2 aliphatic heterocycles. The summed E-state index contributed by atoms with van der Waals surface area (Å²) < 4.78 is 33.9. The molecular weight excluding hydrogens is 468 g/mol. The number of nitrogens with zero attached hydrogens (tertiary/aromatic N) is 2. The zero-order chi connectivity index (χ0) is 23.0. The Morgan fingerprint density at radius 3 is 2.50 bits per heavy atom. The van der Waals surface area contributed by atoms with Gasteiger partial charge < -0.3 is 9.64 Å². The van der Waals surface area contributed by atoms with Gasteiger partial charge in [0.2, 0.25) is 10.0 Å². The van der Waals surface area contributed by atoms with Crippen LogP contribution in [0.1, 0.15) is 37.6 Å². The van der Waals surface area contributed by atoms with E-state index in [-0.39, 0.29) is 41.1 Å². The molecule has 3 atom stereocenters. The van der Waals surface area contributed by atoms with Crippen LogP contribution in [0.25, 0.3) is 0 Å². The van der Waals surface area contributed by atoms with E-state index in [2.05, 4.69) is 6.92 Å². The van der Waals surface area contributed by atoms with Crippen molar-refractivity contribution in [1.29, 1.82) is 0 Å². The first-order valence-electron chi connectivity index (χ1n) is 10.7. The molecule has 2 aromatic carbocycles. The molecule has 1 saturated heterocycles. The number of sulfonamides is 1. The van der Waals surface area contributed by atoms with Gasteiger partial charge in [0.05, 0.1) is 22.9 Å². The minimum Gasteiger partial charge on any atom is -0.373 e. The van der Waals surface area contributed by atoms with Crippen LogP contribution in [0.15, 0.2) is 52.3 Å². The summed E-state index contributed by atoms with van der Waals surface area (Å²) in [6.07, 6.45) is 0.406. The maximum atomic E-state index is 13.5. The van der Waals surface area contributed by atoms with Gasteiger partial charge in [0.15, 0.2) is 0 Å². The van der Waals surface area contributed by atoms with E-state index in [1.54, 1.807) is 22.7 Å². The van der Waals surface area contributed by atoms with E-state index in [0.717, 1.165) is 17.0 Å². The lowest BCUT2D eigenvalue weighted by Crippen LogP contribution is -2.48. The van der Waals surface area contributed by atoms with Crippen LogP contribution >= 0.6 is 23.4 Å². The van der Waals surface area contributed by atoms with Crippen molar-refractivity contribution >= 4 is 45.0 Å². The van der Waals surface area contributed by atoms with Crippen LogP contribution in [0.4, 0.5) is 5.69 Å². The standard InChI is InChI=1S/C23H27ClN2O4S2/c1-15-13-25(14-16(2)30-15)32(28,29)22-12-18(8-9-19(22)24)23(27)26-11-10-17(3)31-21-7-5-4-6-20(21)26/h4-9,12,15-17H,10-11,13-14H2,1-3H3/t15-,16-,17-/m1/s1. The molecule has 1 amide bonds.